The highest BCUT2D eigenvalue weighted by molar-refractivity contribution is 7.80. The van der Waals surface area contributed by atoms with E-state index in [1.54, 1.807) is 0 Å². The lowest BCUT2D eigenvalue weighted by molar-refractivity contribution is 0.261. The lowest BCUT2D eigenvalue weighted by Crippen LogP contribution is -2.04. The van der Waals surface area contributed by atoms with Crippen molar-refractivity contribution in [3.05, 3.63) is 12.7 Å². The minimum atomic E-state index is -4.24. The van der Waals surface area contributed by atoms with Crippen LogP contribution >= 0.6 is 0 Å². The van der Waals surface area contributed by atoms with Crippen molar-refractivity contribution in [2.45, 2.75) is 44.9 Å². The average Bonchev–Trinajstić information content (AvgIpc) is 2.14. The SMILES string of the molecule is C=CCCCCCCCCOS(=O)(=O)O. The molecule has 0 aromatic carbocycles. The molecule has 0 aliphatic rings. The molecule has 0 saturated carbocycles. The van der Waals surface area contributed by atoms with Crippen molar-refractivity contribution in [1.29, 1.82) is 0 Å². The van der Waals surface area contributed by atoms with Gasteiger partial charge in [0.05, 0.1) is 6.61 Å². The molecule has 0 amide bonds. The van der Waals surface area contributed by atoms with Gasteiger partial charge in [0, 0.05) is 0 Å². The van der Waals surface area contributed by atoms with E-state index in [0.29, 0.717) is 6.42 Å². The van der Waals surface area contributed by atoms with E-state index in [9.17, 15) is 8.42 Å². The van der Waals surface area contributed by atoms with E-state index in [1.165, 1.54) is 12.8 Å². The molecule has 0 rings (SSSR count). The van der Waals surface area contributed by atoms with E-state index in [2.05, 4.69) is 10.8 Å². The highest BCUT2D eigenvalue weighted by Crippen LogP contribution is 2.07. The van der Waals surface area contributed by atoms with E-state index in [0.717, 1.165) is 25.7 Å². The summed E-state index contributed by atoms with van der Waals surface area (Å²) >= 11 is 0. The van der Waals surface area contributed by atoms with E-state index >= 15 is 0 Å². The Morgan fingerprint density at radius 2 is 1.60 bits per heavy atom. The Kier molecular flexibility index (Phi) is 8.65. The van der Waals surface area contributed by atoms with Crippen LogP contribution in [0.15, 0.2) is 12.7 Å². The zero-order valence-corrected chi connectivity index (χ0v) is 9.84. The maximum Gasteiger partial charge on any atom is 0.397 e. The average molecular weight is 236 g/mol. The molecule has 0 atom stereocenters. The van der Waals surface area contributed by atoms with Crippen LogP contribution in [-0.4, -0.2) is 19.6 Å². The van der Waals surface area contributed by atoms with Gasteiger partial charge < -0.3 is 0 Å². The first kappa shape index (κ1) is 14.6. The first-order valence-electron chi connectivity index (χ1n) is 5.29. The van der Waals surface area contributed by atoms with Crippen LogP contribution in [0.4, 0.5) is 0 Å². The predicted octanol–water partition coefficient (Wildman–Crippen LogP) is 2.72. The van der Waals surface area contributed by atoms with Gasteiger partial charge in [-0.3, -0.25) is 4.55 Å². The van der Waals surface area contributed by atoms with Gasteiger partial charge >= 0.3 is 10.4 Å². The molecule has 0 bridgehead atoms. The smallest absolute Gasteiger partial charge is 0.264 e. The monoisotopic (exact) mass is 236 g/mol. The van der Waals surface area contributed by atoms with Gasteiger partial charge in [-0.05, 0) is 19.3 Å². The summed E-state index contributed by atoms with van der Waals surface area (Å²) in [5.74, 6) is 0. The number of rotatable bonds is 10. The van der Waals surface area contributed by atoms with E-state index < -0.39 is 10.4 Å². The number of unbranched alkanes of at least 4 members (excludes halogenated alkanes) is 6. The Bertz CT molecular complexity index is 246. The predicted molar refractivity (Wildman–Crippen MR) is 60.0 cm³/mol. The number of hydrogen-bond donors (Lipinski definition) is 1. The fourth-order valence-corrected chi connectivity index (χ4v) is 1.59. The zero-order valence-electron chi connectivity index (χ0n) is 9.02. The molecule has 0 heterocycles. The van der Waals surface area contributed by atoms with Crippen LogP contribution in [0.5, 0.6) is 0 Å². The first-order chi connectivity index (χ1) is 7.06. The summed E-state index contributed by atoms with van der Waals surface area (Å²) in [6.07, 6.45) is 9.17. The lowest BCUT2D eigenvalue weighted by atomic mass is 10.1. The Morgan fingerprint density at radius 3 is 2.13 bits per heavy atom. The van der Waals surface area contributed by atoms with Crippen molar-refractivity contribution in [2.75, 3.05) is 6.61 Å². The third-order valence-corrected chi connectivity index (χ3v) is 2.50. The van der Waals surface area contributed by atoms with Crippen LogP contribution < -0.4 is 0 Å². The molecule has 0 spiro atoms. The van der Waals surface area contributed by atoms with E-state index in [-0.39, 0.29) is 6.61 Å². The molecule has 5 heteroatoms. The summed E-state index contributed by atoms with van der Waals surface area (Å²) in [6, 6.07) is 0. The summed E-state index contributed by atoms with van der Waals surface area (Å²) in [5, 5.41) is 0. The third kappa shape index (κ3) is 13.6. The molecule has 4 nitrogen and oxygen atoms in total. The van der Waals surface area contributed by atoms with Gasteiger partial charge in [-0.2, -0.15) is 8.42 Å². The Labute approximate surface area is 92.3 Å². The maximum absolute atomic E-state index is 10.2. The van der Waals surface area contributed by atoms with Gasteiger partial charge in [-0.15, -0.1) is 6.58 Å². The molecule has 0 fully saturated rings. The molecule has 90 valence electrons. The van der Waals surface area contributed by atoms with Crippen LogP contribution in [0, 0.1) is 0 Å². The van der Waals surface area contributed by atoms with Gasteiger partial charge in [-0.25, -0.2) is 4.18 Å². The first-order valence-corrected chi connectivity index (χ1v) is 6.65. The van der Waals surface area contributed by atoms with Crippen LogP contribution in [0.25, 0.3) is 0 Å². The van der Waals surface area contributed by atoms with Crippen LogP contribution in [0.1, 0.15) is 44.9 Å². The van der Waals surface area contributed by atoms with Crippen molar-refractivity contribution in [2.24, 2.45) is 0 Å². The third-order valence-electron chi connectivity index (χ3n) is 2.03. The van der Waals surface area contributed by atoms with Crippen LogP contribution in [0.2, 0.25) is 0 Å². The van der Waals surface area contributed by atoms with Gasteiger partial charge in [0.1, 0.15) is 0 Å². The van der Waals surface area contributed by atoms with E-state index in [4.69, 9.17) is 4.55 Å². The number of allylic oxidation sites excluding steroid dienone is 1. The molecule has 0 aromatic rings. The molecule has 1 N–H and O–H groups in total. The summed E-state index contributed by atoms with van der Waals surface area (Å²) in [6.45, 7) is 3.72. The lowest BCUT2D eigenvalue weighted by Gasteiger charge is -2.00. The molecule has 15 heavy (non-hydrogen) atoms. The minimum Gasteiger partial charge on any atom is -0.264 e. The molecule has 0 saturated heterocycles. The Balaban J connectivity index is 3.08. The molecule has 0 unspecified atom stereocenters. The maximum atomic E-state index is 10.2. The van der Waals surface area contributed by atoms with E-state index in [1.807, 2.05) is 6.08 Å². The normalized spacial score (nSPS) is 11.5. The highest BCUT2D eigenvalue weighted by Gasteiger charge is 2.02. The van der Waals surface area contributed by atoms with Crippen molar-refractivity contribution >= 4 is 10.4 Å². The Hall–Kier alpha value is -0.390. The van der Waals surface area contributed by atoms with Crippen LogP contribution in [-0.2, 0) is 14.6 Å². The largest absolute Gasteiger partial charge is 0.397 e. The summed E-state index contributed by atoms with van der Waals surface area (Å²) < 4.78 is 32.8. The second-order valence-electron chi connectivity index (χ2n) is 3.45. The standard InChI is InChI=1S/C10H20O4S/c1-2-3-4-5-6-7-8-9-10-14-15(11,12)13/h2H,1,3-10H2,(H,11,12,13). The fourth-order valence-electron chi connectivity index (χ4n) is 1.26. The second kappa shape index (κ2) is 8.88. The quantitative estimate of drug-likeness (QED) is 0.360. The summed E-state index contributed by atoms with van der Waals surface area (Å²) in [7, 11) is -4.24. The number of hydrogen-bond acceptors (Lipinski definition) is 3. The van der Waals surface area contributed by atoms with Gasteiger partial charge in [0.15, 0.2) is 0 Å². The second-order valence-corrected chi connectivity index (χ2v) is 4.54. The molecule has 0 aromatic heterocycles. The van der Waals surface area contributed by atoms with Gasteiger partial charge in [0.2, 0.25) is 0 Å². The van der Waals surface area contributed by atoms with Crippen molar-refractivity contribution in [1.82, 2.24) is 0 Å². The summed E-state index contributed by atoms with van der Waals surface area (Å²) in [4.78, 5) is 0. The molecular weight excluding hydrogens is 216 g/mol. The highest BCUT2D eigenvalue weighted by atomic mass is 32.3. The van der Waals surface area contributed by atoms with Crippen molar-refractivity contribution in [3.63, 3.8) is 0 Å². The van der Waals surface area contributed by atoms with Crippen LogP contribution in [0.3, 0.4) is 0 Å². The van der Waals surface area contributed by atoms with Gasteiger partial charge in [0.25, 0.3) is 0 Å². The minimum absolute atomic E-state index is 0.0749. The topological polar surface area (TPSA) is 63.6 Å². The van der Waals surface area contributed by atoms with Crippen molar-refractivity contribution in [3.8, 4) is 0 Å². The molecule has 0 radical (unpaired) electrons. The molecule has 0 aliphatic heterocycles. The van der Waals surface area contributed by atoms with Gasteiger partial charge in [-0.1, -0.05) is 31.8 Å². The fraction of sp³-hybridized carbons (Fsp3) is 0.800. The molecule has 0 aliphatic carbocycles. The molecular formula is C10H20O4S. The zero-order chi connectivity index (χ0) is 11.6. The van der Waals surface area contributed by atoms with Crippen molar-refractivity contribution < 1.29 is 17.2 Å². The Morgan fingerprint density at radius 1 is 1.07 bits per heavy atom. The summed E-state index contributed by atoms with van der Waals surface area (Å²) in [5.41, 5.74) is 0.